The lowest BCUT2D eigenvalue weighted by atomic mass is 9.77. The molecule has 0 spiro atoms. The normalized spacial score (nSPS) is 45.3. The summed E-state index contributed by atoms with van der Waals surface area (Å²) in [7, 11) is 3.24. The molecule has 1 saturated carbocycles. The van der Waals surface area contributed by atoms with Crippen LogP contribution < -0.4 is 16.0 Å². The number of hydrogen-bond donors (Lipinski definition) is 7. The molecule has 0 radical (unpaired) electrons. The van der Waals surface area contributed by atoms with E-state index in [2.05, 4.69) is 16.0 Å². The monoisotopic (exact) mass is 471 g/mol. The summed E-state index contributed by atoms with van der Waals surface area (Å²) in [4.78, 5) is 0. The van der Waals surface area contributed by atoms with Gasteiger partial charge in [-0.3, -0.25) is 0 Å². The van der Waals surface area contributed by atoms with Gasteiger partial charge in [-0.15, -0.1) is 0 Å². The first kappa shape index (κ1) is 24.9. The first-order valence-corrected chi connectivity index (χ1v) is 11.2. The van der Waals surface area contributed by atoms with E-state index >= 15 is 0 Å². The van der Waals surface area contributed by atoms with Crippen LogP contribution >= 0.6 is 0 Å². The van der Waals surface area contributed by atoms with E-state index < -0.39 is 60.3 Å². The topological polar surface area (TPSA) is 145 Å². The van der Waals surface area contributed by atoms with E-state index in [0.29, 0.717) is 5.56 Å². The molecule has 7 N–H and O–H groups in total. The van der Waals surface area contributed by atoms with Crippen molar-refractivity contribution in [2.45, 2.75) is 80.2 Å². The summed E-state index contributed by atoms with van der Waals surface area (Å²) in [5, 5.41) is 53.6. The Labute approximate surface area is 192 Å². The van der Waals surface area contributed by atoms with Gasteiger partial charge in [0.05, 0.1) is 24.3 Å². The second-order valence-electron chi connectivity index (χ2n) is 9.20. The zero-order valence-corrected chi connectivity index (χ0v) is 18.9. The van der Waals surface area contributed by atoms with Crippen molar-refractivity contribution >= 4 is 0 Å². The van der Waals surface area contributed by atoms with Gasteiger partial charge in [0.1, 0.15) is 29.7 Å². The van der Waals surface area contributed by atoms with Crippen LogP contribution in [0, 0.1) is 5.82 Å². The highest BCUT2D eigenvalue weighted by Crippen LogP contribution is 2.46. The van der Waals surface area contributed by atoms with Crippen molar-refractivity contribution in [1.29, 1.82) is 0 Å². The molecular weight excluding hydrogens is 437 g/mol. The SMILES string of the molecule is CN[C@@H]1[C@H](O)[C@H](NC)[C@H]2O[C@]3(O)[C@H](O[C@@H]2[C@H]1O)O[C@H](C)C[C@@]3(O)CNCc1ccccc1F. The van der Waals surface area contributed by atoms with Crippen LogP contribution in [-0.4, -0.2) is 101 Å². The minimum atomic E-state index is -2.30. The molecule has 0 aromatic heterocycles. The molecular formula is C22H34FN3O7. The van der Waals surface area contributed by atoms with Crippen LogP contribution in [0.15, 0.2) is 24.3 Å². The van der Waals surface area contributed by atoms with Gasteiger partial charge in [0.25, 0.3) is 0 Å². The van der Waals surface area contributed by atoms with Crippen molar-refractivity contribution in [3.8, 4) is 0 Å². The van der Waals surface area contributed by atoms with Gasteiger partial charge in [-0.2, -0.15) is 0 Å². The molecule has 0 unspecified atom stereocenters. The molecule has 1 aromatic rings. The summed E-state index contributed by atoms with van der Waals surface area (Å²) in [6, 6.07) is 4.86. The largest absolute Gasteiger partial charge is 0.390 e. The summed E-state index contributed by atoms with van der Waals surface area (Å²) in [6.07, 6.45) is -6.01. The van der Waals surface area contributed by atoms with Crippen LogP contribution in [0.3, 0.4) is 0 Å². The lowest BCUT2D eigenvalue weighted by Gasteiger charge is -2.60. The standard InChI is InChI=1S/C22H34FN3O7/c1-11-8-21(29,10-26-9-12-6-4-5-7-13(12)23)22(30)20(31-11)32-19-17(28)14(24-2)16(27)15(25-3)18(19)33-22/h4-7,11,14-20,24-30H,8-10H2,1-3H3/t11-,14-,15+,16+,17+,18-,19-,20+,21-,22-/m1/s1. The average Bonchev–Trinajstić information content (AvgIpc) is 2.76. The Morgan fingerprint density at radius 3 is 2.39 bits per heavy atom. The van der Waals surface area contributed by atoms with Gasteiger partial charge in [-0.1, -0.05) is 18.2 Å². The Morgan fingerprint density at radius 2 is 1.73 bits per heavy atom. The van der Waals surface area contributed by atoms with Gasteiger partial charge in [0, 0.05) is 25.1 Å². The van der Waals surface area contributed by atoms with Crippen molar-refractivity contribution in [2.24, 2.45) is 0 Å². The molecule has 11 heteroatoms. The molecule has 1 aliphatic carbocycles. The number of halogens is 1. The van der Waals surface area contributed by atoms with Crippen LogP contribution in [0.25, 0.3) is 0 Å². The predicted molar refractivity (Wildman–Crippen MR) is 114 cm³/mol. The molecule has 10 atom stereocenters. The maximum atomic E-state index is 14.0. The maximum absolute atomic E-state index is 14.0. The molecule has 1 aromatic carbocycles. The van der Waals surface area contributed by atoms with Crippen molar-refractivity contribution in [3.05, 3.63) is 35.6 Å². The van der Waals surface area contributed by atoms with E-state index in [1.54, 1.807) is 39.2 Å². The minimum Gasteiger partial charge on any atom is -0.390 e. The lowest BCUT2D eigenvalue weighted by Crippen LogP contribution is -2.81. The predicted octanol–water partition coefficient (Wildman–Crippen LogP) is -1.83. The average molecular weight is 472 g/mol. The molecule has 0 bridgehead atoms. The number of aliphatic hydroxyl groups excluding tert-OH is 2. The molecule has 186 valence electrons. The van der Waals surface area contributed by atoms with E-state index in [4.69, 9.17) is 14.2 Å². The molecule has 10 nitrogen and oxygen atoms in total. The fourth-order valence-electron chi connectivity index (χ4n) is 5.27. The molecule has 33 heavy (non-hydrogen) atoms. The second kappa shape index (κ2) is 9.42. The number of rotatable bonds is 6. The third-order valence-corrected chi connectivity index (χ3v) is 7.04. The highest BCUT2D eigenvalue weighted by Gasteiger charge is 2.68. The molecule has 2 saturated heterocycles. The number of hydrogen-bond acceptors (Lipinski definition) is 10. The zero-order chi connectivity index (χ0) is 24.0. The van der Waals surface area contributed by atoms with Crippen molar-refractivity contribution in [2.75, 3.05) is 20.6 Å². The lowest BCUT2D eigenvalue weighted by molar-refractivity contribution is -0.482. The highest BCUT2D eigenvalue weighted by atomic mass is 19.1. The zero-order valence-electron chi connectivity index (χ0n) is 18.9. The van der Waals surface area contributed by atoms with Crippen LogP contribution in [0.4, 0.5) is 4.39 Å². The Morgan fingerprint density at radius 1 is 1.03 bits per heavy atom. The van der Waals surface area contributed by atoms with Gasteiger partial charge < -0.3 is 50.6 Å². The number of nitrogens with one attached hydrogen (secondary N) is 3. The number of aliphatic hydroxyl groups is 4. The van der Waals surface area contributed by atoms with Gasteiger partial charge in [0.2, 0.25) is 12.1 Å². The van der Waals surface area contributed by atoms with Gasteiger partial charge >= 0.3 is 0 Å². The smallest absolute Gasteiger partial charge is 0.249 e. The first-order valence-electron chi connectivity index (χ1n) is 11.2. The van der Waals surface area contributed by atoms with Gasteiger partial charge in [-0.25, -0.2) is 4.39 Å². The van der Waals surface area contributed by atoms with Crippen LogP contribution in [0.5, 0.6) is 0 Å². The summed E-state index contributed by atoms with van der Waals surface area (Å²) < 4.78 is 31.8. The van der Waals surface area contributed by atoms with Crippen LogP contribution in [-0.2, 0) is 20.8 Å². The van der Waals surface area contributed by atoms with Gasteiger partial charge in [0.15, 0.2) is 0 Å². The maximum Gasteiger partial charge on any atom is 0.249 e. The van der Waals surface area contributed by atoms with Crippen LogP contribution in [0.2, 0.25) is 0 Å². The second-order valence-corrected chi connectivity index (χ2v) is 9.20. The Hall–Kier alpha value is -1.25. The molecule has 2 heterocycles. The Bertz CT molecular complexity index is 837. The van der Waals surface area contributed by atoms with E-state index in [-0.39, 0.29) is 25.3 Å². The fraction of sp³-hybridized carbons (Fsp3) is 0.727. The fourth-order valence-corrected chi connectivity index (χ4v) is 5.27. The Balaban J connectivity index is 1.57. The third-order valence-electron chi connectivity index (χ3n) is 7.04. The van der Waals surface area contributed by atoms with Crippen LogP contribution in [0.1, 0.15) is 18.9 Å². The van der Waals surface area contributed by atoms with Crippen molar-refractivity contribution in [3.63, 3.8) is 0 Å². The van der Waals surface area contributed by atoms with Crippen molar-refractivity contribution < 1.29 is 39.0 Å². The summed E-state index contributed by atoms with van der Waals surface area (Å²) in [6.45, 7) is 1.71. The molecule has 3 aliphatic rings. The summed E-state index contributed by atoms with van der Waals surface area (Å²) in [5.74, 6) is -2.68. The number of fused-ring (bicyclic) bond motifs is 2. The molecule has 4 rings (SSSR count). The van der Waals surface area contributed by atoms with E-state index in [1.807, 2.05) is 0 Å². The number of benzene rings is 1. The quantitative estimate of drug-likeness (QED) is 0.253. The molecule has 0 amide bonds. The van der Waals surface area contributed by atoms with Crippen molar-refractivity contribution in [1.82, 2.24) is 16.0 Å². The number of ether oxygens (including phenoxy) is 3. The molecule has 3 fully saturated rings. The minimum absolute atomic E-state index is 0.0134. The van der Waals surface area contributed by atoms with Gasteiger partial charge in [-0.05, 0) is 27.1 Å². The Kier molecular flexibility index (Phi) is 7.10. The van der Waals surface area contributed by atoms with E-state index in [1.165, 1.54) is 6.07 Å². The summed E-state index contributed by atoms with van der Waals surface area (Å²) in [5.41, 5.74) is -1.45. The number of likely N-dealkylation sites (N-methyl/N-ethyl adjacent to an activating group) is 2. The van der Waals surface area contributed by atoms with E-state index in [9.17, 15) is 24.8 Å². The molecule has 2 aliphatic heterocycles. The first-order chi connectivity index (χ1) is 15.6. The van der Waals surface area contributed by atoms with E-state index in [0.717, 1.165) is 0 Å². The summed E-state index contributed by atoms with van der Waals surface area (Å²) >= 11 is 0. The third kappa shape index (κ3) is 4.20. The highest BCUT2D eigenvalue weighted by molar-refractivity contribution is 5.17.